The van der Waals surface area contributed by atoms with Crippen LogP contribution in [0.5, 0.6) is 0 Å². The molecule has 0 aromatic heterocycles. The first-order valence-corrected chi connectivity index (χ1v) is 5.80. The molecule has 0 aliphatic heterocycles. The number of nitrogens with one attached hydrogen (secondary N) is 1. The van der Waals surface area contributed by atoms with Crippen molar-refractivity contribution < 1.29 is 9.90 Å². The van der Waals surface area contributed by atoms with Crippen molar-refractivity contribution in [2.24, 2.45) is 5.41 Å². The summed E-state index contributed by atoms with van der Waals surface area (Å²) in [6.45, 7) is 3.76. The van der Waals surface area contributed by atoms with Gasteiger partial charge in [-0.25, -0.2) is 0 Å². The SMILES string of the molecule is CC(C)(CCO)NC(=O)C1(C#N)CCCC1. The highest BCUT2D eigenvalue weighted by atomic mass is 16.3. The monoisotopic (exact) mass is 224 g/mol. The van der Waals surface area contributed by atoms with E-state index in [2.05, 4.69) is 11.4 Å². The largest absolute Gasteiger partial charge is 0.396 e. The first kappa shape index (κ1) is 13.0. The summed E-state index contributed by atoms with van der Waals surface area (Å²) in [4.78, 5) is 12.1. The summed E-state index contributed by atoms with van der Waals surface area (Å²) in [7, 11) is 0. The summed E-state index contributed by atoms with van der Waals surface area (Å²) in [6, 6.07) is 2.17. The van der Waals surface area contributed by atoms with Gasteiger partial charge >= 0.3 is 0 Å². The number of amides is 1. The van der Waals surface area contributed by atoms with Crippen molar-refractivity contribution in [3.8, 4) is 6.07 Å². The molecule has 0 atom stereocenters. The Labute approximate surface area is 96.6 Å². The van der Waals surface area contributed by atoms with Gasteiger partial charge in [0.25, 0.3) is 0 Å². The molecule has 0 aromatic rings. The lowest BCUT2D eigenvalue weighted by molar-refractivity contribution is -0.129. The van der Waals surface area contributed by atoms with Crippen LogP contribution in [-0.2, 0) is 4.79 Å². The molecule has 0 aromatic carbocycles. The molecule has 1 rings (SSSR count). The van der Waals surface area contributed by atoms with E-state index in [9.17, 15) is 4.79 Å². The molecule has 0 saturated heterocycles. The fourth-order valence-electron chi connectivity index (χ4n) is 2.14. The number of aliphatic hydroxyl groups is 1. The predicted octanol–water partition coefficient (Wildman–Crippen LogP) is 1.35. The minimum absolute atomic E-state index is 0.0346. The van der Waals surface area contributed by atoms with Crippen molar-refractivity contribution in [3.63, 3.8) is 0 Å². The van der Waals surface area contributed by atoms with Gasteiger partial charge in [0.1, 0.15) is 5.41 Å². The predicted molar refractivity (Wildman–Crippen MR) is 60.4 cm³/mol. The van der Waals surface area contributed by atoms with Crippen LogP contribution in [0.25, 0.3) is 0 Å². The molecular weight excluding hydrogens is 204 g/mol. The van der Waals surface area contributed by atoms with E-state index >= 15 is 0 Å². The maximum absolute atomic E-state index is 12.1. The molecule has 0 heterocycles. The molecule has 2 N–H and O–H groups in total. The molecule has 4 nitrogen and oxygen atoms in total. The van der Waals surface area contributed by atoms with Crippen LogP contribution in [0.3, 0.4) is 0 Å². The molecule has 1 aliphatic rings. The van der Waals surface area contributed by atoms with Crippen LogP contribution >= 0.6 is 0 Å². The first-order chi connectivity index (χ1) is 7.46. The molecular formula is C12H20N2O2. The average Bonchev–Trinajstić information content (AvgIpc) is 2.66. The molecule has 1 fully saturated rings. The quantitative estimate of drug-likeness (QED) is 0.757. The summed E-state index contributed by atoms with van der Waals surface area (Å²) < 4.78 is 0. The highest BCUT2D eigenvalue weighted by Gasteiger charge is 2.42. The summed E-state index contributed by atoms with van der Waals surface area (Å²) in [6.07, 6.45) is 3.71. The average molecular weight is 224 g/mol. The second-order valence-electron chi connectivity index (χ2n) is 5.21. The standard InChI is InChI=1S/C12H20N2O2/c1-11(2,7-8-15)14-10(16)12(9-13)5-3-4-6-12/h15H,3-8H2,1-2H3,(H,14,16). The van der Waals surface area contributed by atoms with Crippen molar-refractivity contribution in [2.75, 3.05) is 6.61 Å². The van der Waals surface area contributed by atoms with Crippen molar-refractivity contribution in [2.45, 2.75) is 51.5 Å². The molecule has 90 valence electrons. The Balaban J connectivity index is 2.68. The summed E-state index contributed by atoms with van der Waals surface area (Å²) >= 11 is 0. The number of rotatable bonds is 4. The first-order valence-electron chi connectivity index (χ1n) is 5.80. The number of carbonyl (C=O) groups excluding carboxylic acids is 1. The van der Waals surface area contributed by atoms with E-state index in [0.717, 1.165) is 12.8 Å². The van der Waals surface area contributed by atoms with E-state index in [4.69, 9.17) is 10.4 Å². The van der Waals surface area contributed by atoms with E-state index in [0.29, 0.717) is 19.3 Å². The molecule has 0 bridgehead atoms. The number of aliphatic hydroxyl groups excluding tert-OH is 1. The van der Waals surface area contributed by atoms with Crippen LogP contribution in [0.4, 0.5) is 0 Å². The maximum Gasteiger partial charge on any atom is 0.240 e. The Kier molecular flexibility index (Phi) is 3.93. The van der Waals surface area contributed by atoms with Crippen LogP contribution in [0.1, 0.15) is 46.0 Å². The van der Waals surface area contributed by atoms with Crippen LogP contribution in [0, 0.1) is 16.7 Å². The molecule has 1 amide bonds. The zero-order valence-electron chi connectivity index (χ0n) is 10.0. The maximum atomic E-state index is 12.1. The second-order valence-corrected chi connectivity index (χ2v) is 5.21. The van der Waals surface area contributed by atoms with E-state index in [-0.39, 0.29) is 12.5 Å². The van der Waals surface area contributed by atoms with Crippen molar-refractivity contribution in [3.05, 3.63) is 0 Å². The zero-order chi connectivity index (χ0) is 12.2. The van der Waals surface area contributed by atoms with Crippen LogP contribution in [0.2, 0.25) is 0 Å². The topological polar surface area (TPSA) is 73.1 Å². The normalized spacial score (nSPS) is 19.1. The van der Waals surface area contributed by atoms with Crippen LogP contribution in [-0.4, -0.2) is 23.2 Å². The second kappa shape index (κ2) is 4.84. The van der Waals surface area contributed by atoms with Crippen molar-refractivity contribution in [1.82, 2.24) is 5.32 Å². The summed E-state index contributed by atoms with van der Waals surface area (Å²) in [5.74, 6) is -0.175. The summed E-state index contributed by atoms with van der Waals surface area (Å²) in [5.41, 5.74) is -1.27. The lowest BCUT2D eigenvalue weighted by Crippen LogP contribution is -2.49. The van der Waals surface area contributed by atoms with Gasteiger partial charge in [-0.2, -0.15) is 5.26 Å². The van der Waals surface area contributed by atoms with Crippen molar-refractivity contribution in [1.29, 1.82) is 5.26 Å². The lowest BCUT2D eigenvalue weighted by Gasteiger charge is -2.30. The number of nitriles is 1. The van der Waals surface area contributed by atoms with Gasteiger partial charge in [0.2, 0.25) is 5.91 Å². The van der Waals surface area contributed by atoms with Gasteiger partial charge in [-0.3, -0.25) is 4.79 Å². The fourth-order valence-corrected chi connectivity index (χ4v) is 2.14. The van der Waals surface area contributed by atoms with E-state index in [1.54, 1.807) is 0 Å². The van der Waals surface area contributed by atoms with E-state index in [1.807, 2.05) is 13.8 Å². The number of hydrogen-bond acceptors (Lipinski definition) is 3. The minimum Gasteiger partial charge on any atom is -0.396 e. The molecule has 4 heteroatoms. The number of carbonyl (C=O) groups is 1. The Morgan fingerprint density at radius 3 is 2.50 bits per heavy atom. The molecule has 0 radical (unpaired) electrons. The molecule has 1 saturated carbocycles. The smallest absolute Gasteiger partial charge is 0.240 e. The zero-order valence-corrected chi connectivity index (χ0v) is 10.0. The van der Waals surface area contributed by atoms with Gasteiger partial charge in [-0.1, -0.05) is 12.8 Å². The van der Waals surface area contributed by atoms with Crippen LogP contribution in [0.15, 0.2) is 0 Å². The van der Waals surface area contributed by atoms with E-state index in [1.165, 1.54) is 0 Å². The van der Waals surface area contributed by atoms with Gasteiger partial charge in [0.05, 0.1) is 6.07 Å². The summed E-state index contributed by atoms with van der Waals surface area (Å²) in [5, 5.41) is 20.9. The Hall–Kier alpha value is -1.08. The Morgan fingerprint density at radius 1 is 1.50 bits per heavy atom. The molecule has 16 heavy (non-hydrogen) atoms. The molecule has 1 aliphatic carbocycles. The Morgan fingerprint density at radius 2 is 2.06 bits per heavy atom. The van der Waals surface area contributed by atoms with Crippen molar-refractivity contribution >= 4 is 5.91 Å². The van der Waals surface area contributed by atoms with Gasteiger partial charge in [-0.05, 0) is 33.1 Å². The third-order valence-electron chi connectivity index (χ3n) is 3.29. The minimum atomic E-state index is -0.827. The number of hydrogen-bond donors (Lipinski definition) is 2. The number of nitrogens with zero attached hydrogens (tertiary/aromatic N) is 1. The highest BCUT2D eigenvalue weighted by Crippen LogP contribution is 2.38. The van der Waals surface area contributed by atoms with E-state index < -0.39 is 11.0 Å². The third-order valence-corrected chi connectivity index (χ3v) is 3.29. The van der Waals surface area contributed by atoms with Crippen LogP contribution < -0.4 is 5.32 Å². The van der Waals surface area contributed by atoms with Gasteiger partial charge in [-0.15, -0.1) is 0 Å². The Bertz CT molecular complexity index is 299. The van der Waals surface area contributed by atoms with Gasteiger partial charge in [0.15, 0.2) is 0 Å². The third kappa shape index (κ3) is 2.73. The van der Waals surface area contributed by atoms with Gasteiger partial charge in [0, 0.05) is 12.1 Å². The van der Waals surface area contributed by atoms with Gasteiger partial charge < -0.3 is 10.4 Å². The molecule has 0 unspecified atom stereocenters. The highest BCUT2D eigenvalue weighted by molar-refractivity contribution is 5.86. The molecule has 0 spiro atoms. The fraction of sp³-hybridized carbons (Fsp3) is 0.833. The lowest BCUT2D eigenvalue weighted by atomic mass is 9.85.